The van der Waals surface area contributed by atoms with Gasteiger partial charge in [-0.3, -0.25) is 9.59 Å². The van der Waals surface area contributed by atoms with Gasteiger partial charge in [-0.25, -0.2) is 0 Å². The van der Waals surface area contributed by atoms with E-state index in [1.165, 1.54) is 0 Å². The standard InChI is InChI=1S/C6H6F4O2/c1-3(11)5(7,8)6(9,10)4(2)12/h1-2H3. The Morgan fingerprint density at radius 3 is 1.08 bits per heavy atom. The Bertz CT molecular complexity index is 198. The summed E-state index contributed by atoms with van der Waals surface area (Å²) in [6, 6.07) is 0. The van der Waals surface area contributed by atoms with Crippen molar-refractivity contribution < 1.29 is 27.2 Å². The molecular formula is C6H6F4O2. The topological polar surface area (TPSA) is 34.1 Å². The van der Waals surface area contributed by atoms with Crippen LogP contribution in [0.15, 0.2) is 0 Å². The SMILES string of the molecule is CC(=O)C(F)(F)C(F)(F)C(C)=O. The summed E-state index contributed by atoms with van der Waals surface area (Å²) in [7, 11) is 0. The molecule has 12 heavy (non-hydrogen) atoms. The van der Waals surface area contributed by atoms with E-state index in [1.54, 1.807) is 0 Å². The van der Waals surface area contributed by atoms with E-state index in [4.69, 9.17) is 0 Å². The molecule has 0 aromatic rings. The zero-order valence-corrected chi connectivity index (χ0v) is 6.33. The smallest absolute Gasteiger partial charge is 0.293 e. The van der Waals surface area contributed by atoms with Crippen molar-refractivity contribution in [2.75, 3.05) is 0 Å². The van der Waals surface area contributed by atoms with E-state index < -0.39 is 23.4 Å². The summed E-state index contributed by atoms with van der Waals surface area (Å²) in [5.41, 5.74) is 0. The molecule has 0 heterocycles. The molecule has 0 bridgehead atoms. The quantitative estimate of drug-likeness (QED) is 0.625. The third-order valence-electron chi connectivity index (χ3n) is 1.28. The molecule has 0 rings (SSSR count). The molecule has 70 valence electrons. The summed E-state index contributed by atoms with van der Waals surface area (Å²) in [6.45, 7) is 0.605. The molecule has 0 aliphatic carbocycles. The highest BCUT2D eigenvalue weighted by Gasteiger charge is 2.63. The zero-order chi connectivity index (χ0) is 10.2. The van der Waals surface area contributed by atoms with Crippen molar-refractivity contribution in [3.63, 3.8) is 0 Å². The van der Waals surface area contributed by atoms with Crippen LogP contribution in [-0.2, 0) is 9.59 Å². The first kappa shape index (κ1) is 11.1. The van der Waals surface area contributed by atoms with Crippen molar-refractivity contribution in [3.8, 4) is 0 Å². The van der Waals surface area contributed by atoms with Gasteiger partial charge >= 0.3 is 11.8 Å². The molecule has 0 amide bonds. The molecule has 6 heteroatoms. The Hall–Kier alpha value is -0.940. The van der Waals surface area contributed by atoms with Crippen LogP contribution in [0.3, 0.4) is 0 Å². The number of halogens is 4. The van der Waals surface area contributed by atoms with Crippen LogP contribution in [-0.4, -0.2) is 23.4 Å². The minimum atomic E-state index is -4.90. The lowest BCUT2D eigenvalue weighted by Crippen LogP contribution is -2.50. The number of hydrogen-bond acceptors (Lipinski definition) is 2. The summed E-state index contributed by atoms with van der Waals surface area (Å²) >= 11 is 0. The van der Waals surface area contributed by atoms with Gasteiger partial charge in [0.05, 0.1) is 0 Å². The number of alkyl halides is 4. The molecule has 0 N–H and O–H groups in total. The third kappa shape index (κ3) is 1.46. The second kappa shape index (κ2) is 2.84. The maximum atomic E-state index is 12.3. The van der Waals surface area contributed by atoms with Crippen molar-refractivity contribution in [3.05, 3.63) is 0 Å². The number of hydrogen-bond donors (Lipinski definition) is 0. The van der Waals surface area contributed by atoms with Gasteiger partial charge in [0.2, 0.25) is 11.6 Å². The van der Waals surface area contributed by atoms with Crippen LogP contribution in [0, 0.1) is 0 Å². The minimum Gasteiger partial charge on any atom is -0.293 e. The van der Waals surface area contributed by atoms with Crippen LogP contribution in [0.2, 0.25) is 0 Å². The van der Waals surface area contributed by atoms with E-state index in [1.807, 2.05) is 0 Å². The van der Waals surface area contributed by atoms with Crippen molar-refractivity contribution in [1.82, 2.24) is 0 Å². The first-order chi connectivity index (χ1) is 5.14. The molecule has 2 nitrogen and oxygen atoms in total. The molecule has 0 aliphatic heterocycles. The summed E-state index contributed by atoms with van der Waals surface area (Å²) in [5.74, 6) is -13.9. The molecule has 0 saturated heterocycles. The number of carbonyl (C=O) groups is 2. The van der Waals surface area contributed by atoms with Gasteiger partial charge in [0.15, 0.2) is 0 Å². The average Bonchev–Trinajstić information content (AvgIpc) is 1.86. The summed E-state index contributed by atoms with van der Waals surface area (Å²) in [5, 5.41) is 0. The van der Waals surface area contributed by atoms with Gasteiger partial charge < -0.3 is 0 Å². The lowest BCUT2D eigenvalue weighted by atomic mass is 10.1. The Morgan fingerprint density at radius 2 is 1.00 bits per heavy atom. The van der Waals surface area contributed by atoms with Gasteiger partial charge in [-0.1, -0.05) is 0 Å². The van der Waals surface area contributed by atoms with Crippen LogP contribution >= 0.6 is 0 Å². The predicted molar refractivity (Wildman–Crippen MR) is 31.3 cm³/mol. The van der Waals surface area contributed by atoms with Gasteiger partial charge in [0.1, 0.15) is 0 Å². The van der Waals surface area contributed by atoms with Crippen LogP contribution in [0.5, 0.6) is 0 Å². The highest BCUT2D eigenvalue weighted by molar-refractivity contribution is 5.94. The monoisotopic (exact) mass is 186 g/mol. The van der Waals surface area contributed by atoms with E-state index in [9.17, 15) is 27.2 Å². The average molecular weight is 186 g/mol. The van der Waals surface area contributed by atoms with Crippen molar-refractivity contribution in [2.45, 2.75) is 25.7 Å². The van der Waals surface area contributed by atoms with Crippen LogP contribution in [0.1, 0.15) is 13.8 Å². The molecule has 0 fully saturated rings. The molecule has 0 aromatic heterocycles. The predicted octanol–water partition coefficient (Wildman–Crippen LogP) is 1.44. The summed E-state index contributed by atoms with van der Waals surface area (Å²) < 4.78 is 49.0. The Kier molecular flexibility index (Phi) is 2.61. The van der Waals surface area contributed by atoms with E-state index >= 15 is 0 Å². The van der Waals surface area contributed by atoms with Crippen LogP contribution in [0.4, 0.5) is 17.6 Å². The Balaban J connectivity index is 5.01. The zero-order valence-electron chi connectivity index (χ0n) is 6.33. The fraction of sp³-hybridized carbons (Fsp3) is 0.667. The maximum absolute atomic E-state index is 12.3. The van der Waals surface area contributed by atoms with Gasteiger partial charge in [0, 0.05) is 13.8 Å². The lowest BCUT2D eigenvalue weighted by molar-refractivity contribution is -0.205. The van der Waals surface area contributed by atoms with Gasteiger partial charge in [-0.05, 0) is 0 Å². The van der Waals surface area contributed by atoms with Crippen LogP contribution in [0.25, 0.3) is 0 Å². The second-order valence-corrected chi connectivity index (χ2v) is 2.26. The van der Waals surface area contributed by atoms with Crippen molar-refractivity contribution in [2.24, 2.45) is 0 Å². The van der Waals surface area contributed by atoms with E-state index in [2.05, 4.69) is 0 Å². The molecule has 0 aromatic carbocycles. The molecule has 0 aliphatic rings. The fourth-order valence-corrected chi connectivity index (χ4v) is 0.442. The summed E-state index contributed by atoms with van der Waals surface area (Å²) in [4.78, 5) is 20.1. The number of rotatable bonds is 3. The van der Waals surface area contributed by atoms with Crippen molar-refractivity contribution in [1.29, 1.82) is 0 Å². The lowest BCUT2D eigenvalue weighted by Gasteiger charge is -2.21. The largest absolute Gasteiger partial charge is 0.374 e. The fourth-order valence-electron chi connectivity index (χ4n) is 0.442. The number of ketones is 2. The normalized spacial score (nSPS) is 12.8. The van der Waals surface area contributed by atoms with E-state index in [0.717, 1.165) is 0 Å². The first-order valence-corrected chi connectivity index (χ1v) is 2.91. The van der Waals surface area contributed by atoms with E-state index in [-0.39, 0.29) is 0 Å². The van der Waals surface area contributed by atoms with E-state index in [0.29, 0.717) is 13.8 Å². The molecule has 0 spiro atoms. The molecule has 0 radical (unpaired) electrons. The number of carbonyl (C=O) groups excluding carboxylic acids is 2. The molecule has 0 atom stereocenters. The number of Topliss-reactive ketones (excluding diaryl/α,β-unsaturated/α-hetero) is 2. The minimum absolute atomic E-state index is 0.302. The van der Waals surface area contributed by atoms with Gasteiger partial charge in [0.25, 0.3) is 0 Å². The maximum Gasteiger partial charge on any atom is 0.374 e. The van der Waals surface area contributed by atoms with Crippen LogP contribution < -0.4 is 0 Å². The van der Waals surface area contributed by atoms with Gasteiger partial charge in [-0.15, -0.1) is 0 Å². The Morgan fingerprint density at radius 1 is 0.833 bits per heavy atom. The molecular weight excluding hydrogens is 180 g/mol. The molecule has 0 saturated carbocycles. The second-order valence-electron chi connectivity index (χ2n) is 2.26. The third-order valence-corrected chi connectivity index (χ3v) is 1.28. The first-order valence-electron chi connectivity index (χ1n) is 2.91. The van der Waals surface area contributed by atoms with Gasteiger partial charge in [-0.2, -0.15) is 17.6 Å². The highest BCUT2D eigenvalue weighted by Crippen LogP contribution is 2.35. The molecule has 0 unspecified atom stereocenters. The highest BCUT2D eigenvalue weighted by atomic mass is 19.3. The summed E-state index contributed by atoms with van der Waals surface area (Å²) in [6.07, 6.45) is 0. The van der Waals surface area contributed by atoms with Crippen molar-refractivity contribution >= 4 is 11.6 Å². The Labute approximate surface area is 65.5 Å².